The second kappa shape index (κ2) is 9.12. The molecule has 4 rings (SSSR count). The third-order valence-corrected chi connectivity index (χ3v) is 7.59. The van der Waals surface area contributed by atoms with Crippen LogP contribution in [0.2, 0.25) is 0 Å². The van der Waals surface area contributed by atoms with Crippen LogP contribution in [0.25, 0.3) is 5.69 Å². The summed E-state index contributed by atoms with van der Waals surface area (Å²) in [5, 5.41) is 12.1. The average molecular weight is 463 g/mol. The minimum Gasteiger partial charge on any atom is -0.339 e. The predicted octanol–water partition coefficient (Wildman–Crippen LogP) is 1.43. The van der Waals surface area contributed by atoms with Gasteiger partial charge in [-0.15, -0.1) is 5.10 Å². The molecule has 1 fully saturated rings. The van der Waals surface area contributed by atoms with E-state index >= 15 is 0 Å². The highest BCUT2D eigenvalue weighted by Gasteiger charge is 2.30. The zero-order chi connectivity index (χ0) is 21.8. The van der Waals surface area contributed by atoms with Crippen LogP contribution in [0.3, 0.4) is 0 Å². The van der Waals surface area contributed by atoms with Gasteiger partial charge >= 0.3 is 0 Å². The van der Waals surface area contributed by atoms with Gasteiger partial charge in [0.15, 0.2) is 0 Å². The van der Waals surface area contributed by atoms with Gasteiger partial charge in [-0.05, 0) is 40.8 Å². The largest absolute Gasteiger partial charge is 0.339 e. The Hall–Kier alpha value is -2.83. The number of piperazine rings is 1. The third-order valence-electron chi connectivity index (χ3n) is 4.79. The number of para-hydroxylation sites is 1. The van der Waals surface area contributed by atoms with Crippen LogP contribution in [-0.4, -0.2) is 75.7 Å². The number of thioether (sulfide) groups is 1. The van der Waals surface area contributed by atoms with E-state index in [4.69, 9.17) is 0 Å². The van der Waals surface area contributed by atoms with Crippen LogP contribution in [0.4, 0.5) is 4.39 Å². The van der Waals surface area contributed by atoms with E-state index in [9.17, 15) is 17.6 Å². The lowest BCUT2D eigenvalue weighted by Gasteiger charge is -2.34. The number of benzene rings is 2. The Kier molecular flexibility index (Phi) is 6.30. The quantitative estimate of drug-likeness (QED) is 0.511. The smallest absolute Gasteiger partial charge is 0.243 e. The van der Waals surface area contributed by atoms with Crippen molar-refractivity contribution in [2.75, 3.05) is 31.9 Å². The Morgan fingerprint density at radius 3 is 2.48 bits per heavy atom. The van der Waals surface area contributed by atoms with E-state index in [0.29, 0.717) is 5.16 Å². The van der Waals surface area contributed by atoms with Crippen molar-refractivity contribution in [1.29, 1.82) is 0 Å². The van der Waals surface area contributed by atoms with Gasteiger partial charge in [0.25, 0.3) is 0 Å². The van der Waals surface area contributed by atoms with Crippen molar-refractivity contribution in [3.05, 3.63) is 60.4 Å². The number of hydrogen-bond donors (Lipinski definition) is 0. The number of tetrazole rings is 1. The Labute approximate surface area is 182 Å². The summed E-state index contributed by atoms with van der Waals surface area (Å²) >= 11 is 1.22. The lowest BCUT2D eigenvalue weighted by molar-refractivity contribution is -0.129. The number of aromatic nitrogens is 4. The molecule has 1 aromatic heterocycles. The van der Waals surface area contributed by atoms with Crippen molar-refractivity contribution in [2.45, 2.75) is 10.1 Å². The van der Waals surface area contributed by atoms with Crippen molar-refractivity contribution in [3.8, 4) is 5.69 Å². The van der Waals surface area contributed by atoms with E-state index < -0.39 is 15.8 Å². The lowest BCUT2D eigenvalue weighted by Crippen LogP contribution is -2.51. The average Bonchev–Trinajstić information content (AvgIpc) is 3.27. The summed E-state index contributed by atoms with van der Waals surface area (Å²) in [7, 11) is -3.80. The zero-order valence-corrected chi connectivity index (χ0v) is 18.0. The van der Waals surface area contributed by atoms with Crippen molar-refractivity contribution in [2.24, 2.45) is 0 Å². The molecule has 2 heterocycles. The van der Waals surface area contributed by atoms with E-state index in [1.54, 1.807) is 9.58 Å². The molecule has 1 amide bonds. The number of amides is 1. The fraction of sp³-hybridized carbons (Fsp3) is 0.263. The second-order valence-electron chi connectivity index (χ2n) is 6.74. The van der Waals surface area contributed by atoms with Gasteiger partial charge in [0.2, 0.25) is 21.1 Å². The van der Waals surface area contributed by atoms with Gasteiger partial charge in [-0.2, -0.15) is 8.99 Å². The third kappa shape index (κ3) is 4.75. The maximum Gasteiger partial charge on any atom is 0.243 e. The van der Waals surface area contributed by atoms with E-state index in [1.165, 1.54) is 34.3 Å². The fourth-order valence-electron chi connectivity index (χ4n) is 3.17. The van der Waals surface area contributed by atoms with E-state index in [0.717, 1.165) is 11.8 Å². The number of halogens is 1. The first-order valence-corrected chi connectivity index (χ1v) is 11.9. The maximum absolute atomic E-state index is 13.4. The Balaban J connectivity index is 1.34. The van der Waals surface area contributed by atoms with Crippen LogP contribution in [0.15, 0.2) is 64.6 Å². The minimum atomic E-state index is -3.80. The first-order valence-electron chi connectivity index (χ1n) is 9.45. The summed E-state index contributed by atoms with van der Waals surface area (Å²) in [4.78, 5) is 14.1. The molecular formula is C19H19FN6O3S2. The molecule has 1 aliphatic heterocycles. The molecule has 0 aliphatic carbocycles. The summed E-state index contributed by atoms with van der Waals surface area (Å²) < 4.78 is 41.6. The molecule has 0 N–H and O–H groups in total. The normalized spacial score (nSPS) is 15.2. The van der Waals surface area contributed by atoms with Gasteiger partial charge in [-0.25, -0.2) is 12.8 Å². The minimum absolute atomic E-state index is 0.0874. The maximum atomic E-state index is 13.4. The van der Waals surface area contributed by atoms with Crippen LogP contribution in [0.1, 0.15) is 0 Å². The standard InChI is InChI=1S/C19H19FN6O3S2/c20-15-5-4-8-17(13-15)31(28,29)25-11-9-24(10-12-25)18(27)14-30-19-21-22-23-26(19)16-6-2-1-3-7-16/h1-8,13H,9-12,14H2. The zero-order valence-electron chi connectivity index (χ0n) is 16.3. The van der Waals surface area contributed by atoms with Crippen LogP contribution in [-0.2, 0) is 14.8 Å². The van der Waals surface area contributed by atoms with Crippen LogP contribution in [0.5, 0.6) is 0 Å². The van der Waals surface area contributed by atoms with E-state index in [1.807, 2.05) is 30.3 Å². The fourth-order valence-corrected chi connectivity index (χ4v) is 5.42. The van der Waals surface area contributed by atoms with Gasteiger partial charge in [0.1, 0.15) is 5.82 Å². The lowest BCUT2D eigenvalue weighted by atomic mass is 10.3. The van der Waals surface area contributed by atoms with Gasteiger partial charge in [0, 0.05) is 26.2 Å². The molecule has 0 spiro atoms. The predicted molar refractivity (Wildman–Crippen MR) is 112 cm³/mol. The first-order chi connectivity index (χ1) is 14.9. The monoisotopic (exact) mass is 462 g/mol. The van der Waals surface area contributed by atoms with Crippen molar-refractivity contribution < 1.29 is 17.6 Å². The molecule has 0 bridgehead atoms. The molecule has 162 valence electrons. The molecule has 9 nitrogen and oxygen atoms in total. The molecule has 0 atom stereocenters. The summed E-state index contributed by atoms with van der Waals surface area (Å²) in [6, 6.07) is 14.3. The van der Waals surface area contributed by atoms with Gasteiger partial charge in [-0.1, -0.05) is 36.0 Å². The molecule has 1 aliphatic rings. The summed E-state index contributed by atoms with van der Waals surface area (Å²) in [5.74, 6) is -0.607. The van der Waals surface area contributed by atoms with Crippen molar-refractivity contribution >= 4 is 27.7 Å². The molecule has 12 heteroatoms. The number of carbonyl (C=O) groups excluding carboxylic acids is 1. The first kappa shape index (κ1) is 21.4. The van der Waals surface area contributed by atoms with E-state index in [2.05, 4.69) is 15.5 Å². The number of nitrogens with zero attached hydrogens (tertiary/aromatic N) is 6. The number of sulfonamides is 1. The van der Waals surface area contributed by atoms with Gasteiger partial charge in [-0.3, -0.25) is 4.79 Å². The van der Waals surface area contributed by atoms with Crippen molar-refractivity contribution in [3.63, 3.8) is 0 Å². The summed E-state index contributed by atoms with van der Waals surface area (Å²) in [6.45, 7) is 0.823. The molecule has 0 saturated carbocycles. The highest BCUT2D eigenvalue weighted by molar-refractivity contribution is 7.99. The highest BCUT2D eigenvalue weighted by Crippen LogP contribution is 2.21. The number of carbonyl (C=O) groups is 1. The second-order valence-corrected chi connectivity index (χ2v) is 9.62. The van der Waals surface area contributed by atoms with Gasteiger partial charge in [0.05, 0.1) is 16.3 Å². The highest BCUT2D eigenvalue weighted by atomic mass is 32.2. The number of hydrogen-bond acceptors (Lipinski definition) is 7. The Morgan fingerprint density at radius 2 is 1.77 bits per heavy atom. The molecule has 31 heavy (non-hydrogen) atoms. The molecule has 2 aromatic carbocycles. The van der Waals surface area contributed by atoms with E-state index in [-0.39, 0.29) is 42.7 Å². The number of rotatable bonds is 6. The molecule has 3 aromatic rings. The Bertz CT molecular complexity index is 1160. The molecule has 0 unspecified atom stereocenters. The Morgan fingerprint density at radius 1 is 1.03 bits per heavy atom. The van der Waals surface area contributed by atoms with Crippen molar-refractivity contribution in [1.82, 2.24) is 29.4 Å². The summed E-state index contributed by atoms with van der Waals surface area (Å²) in [6.07, 6.45) is 0. The van der Waals surface area contributed by atoms with Crippen LogP contribution >= 0.6 is 11.8 Å². The summed E-state index contributed by atoms with van der Waals surface area (Å²) in [5.41, 5.74) is 0.790. The SMILES string of the molecule is O=C(CSc1nnnn1-c1ccccc1)N1CCN(S(=O)(=O)c2cccc(F)c2)CC1. The van der Waals surface area contributed by atoms with Crippen LogP contribution in [0, 0.1) is 5.82 Å². The molecule has 0 radical (unpaired) electrons. The topological polar surface area (TPSA) is 101 Å². The molecular weight excluding hydrogens is 443 g/mol. The van der Waals surface area contributed by atoms with Crippen LogP contribution < -0.4 is 0 Å². The van der Waals surface area contributed by atoms with Gasteiger partial charge < -0.3 is 4.90 Å². The molecule has 1 saturated heterocycles.